The molecule has 0 atom stereocenters. The fraction of sp³-hybridized carbons (Fsp3) is 0.500. The minimum atomic E-state index is -4.91. The van der Waals surface area contributed by atoms with Gasteiger partial charge in [0.2, 0.25) is 11.6 Å². The summed E-state index contributed by atoms with van der Waals surface area (Å²) in [4.78, 5) is 13.6. The fourth-order valence-corrected chi connectivity index (χ4v) is 1.73. The van der Waals surface area contributed by atoms with Gasteiger partial charge in [-0.3, -0.25) is 14.8 Å². The van der Waals surface area contributed by atoms with Crippen LogP contribution >= 0.6 is 0 Å². The molecule has 0 unspecified atom stereocenters. The Bertz CT molecular complexity index is 676. The molecule has 0 saturated heterocycles. The Labute approximate surface area is 115 Å². The van der Waals surface area contributed by atoms with Crippen molar-refractivity contribution in [1.29, 1.82) is 0 Å². The first-order chi connectivity index (χ1) is 9.74. The Kier molecular flexibility index (Phi) is 3.66. The summed E-state index contributed by atoms with van der Waals surface area (Å²) in [7, 11) is 0. The molecule has 0 aliphatic carbocycles. The minimum Gasteiger partial charge on any atom is -0.339 e. The maximum absolute atomic E-state index is 12.8. The molecule has 0 aliphatic heterocycles. The molecule has 8 nitrogen and oxygen atoms in total. The maximum Gasteiger partial charge on any atom is 0.442 e. The predicted octanol–water partition coefficient (Wildman–Crippen LogP) is 2.11. The number of nitrogens with zero attached hydrogens (tertiary/aromatic N) is 5. The lowest BCUT2D eigenvalue weighted by atomic mass is 10.3. The second-order valence-electron chi connectivity index (χ2n) is 4.15. The van der Waals surface area contributed by atoms with E-state index in [1.54, 1.807) is 6.92 Å². The van der Waals surface area contributed by atoms with Gasteiger partial charge in [0, 0.05) is 6.42 Å². The van der Waals surface area contributed by atoms with Crippen LogP contribution < -0.4 is 0 Å². The summed E-state index contributed by atoms with van der Waals surface area (Å²) in [5.41, 5.74) is -2.83. The van der Waals surface area contributed by atoms with Crippen molar-refractivity contribution in [3.05, 3.63) is 33.2 Å². The zero-order valence-electron chi connectivity index (χ0n) is 11.0. The first-order valence-electron chi connectivity index (χ1n) is 5.84. The van der Waals surface area contributed by atoms with Crippen molar-refractivity contribution in [3.8, 4) is 0 Å². The largest absolute Gasteiger partial charge is 0.442 e. The lowest BCUT2D eigenvalue weighted by Gasteiger charge is -2.00. The van der Waals surface area contributed by atoms with Crippen molar-refractivity contribution in [2.75, 3.05) is 0 Å². The highest BCUT2D eigenvalue weighted by Gasteiger charge is 2.44. The van der Waals surface area contributed by atoms with Gasteiger partial charge in [0.15, 0.2) is 5.82 Å². The molecule has 0 amide bonds. The smallest absolute Gasteiger partial charge is 0.339 e. The van der Waals surface area contributed by atoms with E-state index in [1.165, 1.54) is 6.92 Å². The van der Waals surface area contributed by atoms with E-state index in [1.807, 2.05) is 0 Å². The van der Waals surface area contributed by atoms with Crippen LogP contribution in [-0.4, -0.2) is 24.8 Å². The summed E-state index contributed by atoms with van der Waals surface area (Å²) < 4.78 is 44.0. The number of nitro groups is 1. The Morgan fingerprint density at radius 1 is 1.43 bits per heavy atom. The van der Waals surface area contributed by atoms with Gasteiger partial charge in [0.1, 0.15) is 12.2 Å². The molecule has 0 spiro atoms. The Morgan fingerprint density at radius 3 is 2.52 bits per heavy atom. The Balaban J connectivity index is 2.43. The summed E-state index contributed by atoms with van der Waals surface area (Å²) in [6.07, 6.45) is -4.44. The van der Waals surface area contributed by atoms with Crippen LogP contribution in [0.15, 0.2) is 4.52 Å². The molecular weight excluding hydrogens is 295 g/mol. The maximum atomic E-state index is 12.8. The average molecular weight is 305 g/mol. The van der Waals surface area contributed by atoms with Crippen LogP contribution in [0.25, 0.3) is 0 Å². The van der Waals surface area contributed by atoms with E-state index in [9.17, 15) is 23.3 Å². The molecule has 0 N–H and O–H groups in total. The van der Waals surface area contributed by atoms with E-state index in [-0.39, 0.29) is 18.1 Å². The number of halogens is 3. The lowest BCUT2D eigenvalue weighted by Crippen LogP contribution is -2.10. The quantitative estimate of drug-likeness (QED) is 0.633. The third-order valence-corrected chi connectivity index (χ3v) is 2.73. The molecule has 0 saturated carbocycles. The van der Waals surface area contributed by atoms with E-state index in [2.05, 4.69) is 15.2 Å². The highest BCUT2D eigenvalue weighted by atomic mass is 19.4. The van der Waals surface area contributed by atoms with Crippen LogP contribution in [0.1, 0.15) is 30.0 Å². The zero-order chi connectivity index (χ0) is 15.8. The number of hydrogen-bond donors (Lipinski definition) is 0. The van der Waals surface area contributed by atoms with Gasteiger partial charge in [0.05, 0.1) is 4.92 Å². The summed E-state index contributed by atoms with van der Waals surface area (Å²) >= 11 is 0. The number of aryl methyl sites for hydroxylation is 1. The van der Waals surface area contributed by atoms with Gasteiger partial charge < -0.3 is 4.52 Å². The molecule has 0 fully saturated rings. The topological polar surface area (TPSA) is 99.9 Å². The molecule has 2 aromatic rings. The molecule has 0 aliphatic rings. The number of alkyl halides is 3. The molecule has 2 aromatic heterocycles. The summed E-state index contributed by atoms with van der Waals surface area (Å²) in [5.74, 6) is 0.418. The average Bonchev–Trinajstić information content (AvgIpc) is 2.94. The summed E-state index contributed by atoms with van der Waals surface area (Å²) in [5, 5.41) is 17.6. The summed E-state index contributed by atoms with van der Waals surface area (Å²) in [6.45, 7) is 2.70. The van der Waals surface area contributed by atoms with Crippen LogP contribution in [-0.2, 0) is 19.1 Å². The van der Waals surface area contributed by atoms with Crippen molar-refractivity contribution >= 4 is 5.69 Å². The molecule has 0 bridgehead atoms. The normalized spacial score (nSPS) is 11.9. The second kappa shape index (κ2) is 5.14. The Hall–Kier alpha value is -2.46. The molecule has 0 radical (unpaired) electrons. The molecule has 2 heterocycles. The fourth-order valence-electron chi connectivity index (χ4n) is 1.73. The third kappa shape index (κ3) is 2.85. The van der Waals surface area contributed by atoms with Crippen LogP contribution in [0, 0.1) is 17.0 Å². The summed E-state index contributed by atoms with van der Waals surface area (Å²) in [6, 6.07) is 0. The van der Waals surface area contributed by atoms with Gasteiger partial charge in [-0.25, -0.2) is 0 Å². The predicted molar refractivity (Wildman–Crippen MR) is 61.4 cm³/mol. The van der Waals surface area contributed by atoms with E-state index >= 15 is 0 Å². The molecular formula is C10H10F3N5O3. The highest BCUT2D eigenvalue weighted by Crippen LogP contribution is 2.36. The number of aromatic nitrogens is 4. The van der Waals surface area contributed by atoms with Gasteiger partial charge in [-0.05, 0) is 6.92 Å². The van der Waals surface area contributed by atoms with E-state index in [0.717, 1.165) is 4.68 Å². The van der Waals surface area contributed by atoms with Crippen LogP contribution in [0.5, 0.6) is 0 Å². The molecule has 11 heteroatoms. The number of hydrogen-bond acceptors (Lipinski definition) is 6. The highest BCUT2D eigenvalue weighted by molar-refractivity contribution is 5.42. The molecule has 2 rings (SSSR count). The standard InChI is InChI=1S/C10H10F3N5O3/c1-3-7-14-6(16-21-7)4-17-5(2)8(18(19)20)9(15-17)10(11,12)13/h3-4H2,1-2H3. The van der Waals surface area contributed by atoms with Crippen LogP contribution in [0.2, 0.25) is 0 Å². The first kappa shape index (κ1) is 14.9. The van der Waals surface area contributed by atoms with Crippen molar-refractivity contribution in [2.24, 2.45) is 0 Å². The second-order valence-corrected chi connectivity index (χ2v) is 4.15. The minimum absolute atomic E-state index is 0.0982. The number of rotatable bonds is 4. The van der Waals surface area contributed by atoms with E-state index in [0.29, 0.717) is 12.3 Å². The van der Waals surface area contributed by atoms with Gasteiger partial charge in [-0.1, -0.05) is 12.1 Å². The van der Waals surface area contributed by atoms with Gasteiger partial charge in [0.25, 0.3) is 0 Å². The van der Waals surface area contributed by atoms with Crippen LogP contribution in [0.3, 0.4) is 0 Å². The monoisotopic (exact) mass is 305 g/mol. The van der Waals surface area contributed by atoms with Crippen LogP contribution in [0.4, 0.5) is 18.9 Å². The SMILES string of the molecule is CCc1nc(Cn2nc(C(F)(F)F)c([N+](=O)[O-])c2C)no1. The van der Waals surface area contributed by atoms with E-state index < -0.39 is 22.5 Å². The molecule has 21 heavy (non-hydrogen) atoms. The van der Waals surface area contributed by atoms with Crippen molar-refractivity contribution in [2.45, 2.75) is 33.0 Å². The lowest BCUT2D eigenvalue weighted by molar-refractivity contribution is -0.388. The third-order valence-electron chi connectivity index (χ3n) is 2.73. The van der Waals surface area contributed by atoms with Crippen molar-refractivity contribution < 1.29 is 22.6 Å². The first-order valence-corrected chi connectivity index (χ1v) is 5.84. The van der Waals surface area contributed by atoms with Gasteiger partial charge >= 0.3 is 11.9 Å². The van der Waals surface area contributed by atoms with Gasteiger partial charge in [-0.2, -0.15) is 23.3 Å². The van der Waals surface area contributed by atoms with Crippen molar-refractivity contribution in [3.63, 3.8) is 0 Å². The van der Waals surface area contributed by atoms with E-state index in [4.69, 9.17) is 4.52 Å². The zero-order valence-corrected chi connectivity index (χ0v) is 11.0. The van der Waals surface area contributed by atoms with Crippen molar-refractivity contribution in [1.82, 2.24) is 19.9 Å². The molecule has 0 aromatic carbocycles. The van der Waals surface area contributed by atoms with Gasteiger partial charge in [-0.15, -0.1) is 0 Å². The Morgan fingerprint density at radius 2 is 2.10 bits per heavy atom. The molecule has 114 valence electrons.